The molecule has 0 fully saturated rings. The summed E-state index contributed by atoms with van der Waals surface area (Å²) < 4.78 is 1.91. The third-order valence-electron chi connectivity index (χ3n) is 2.05. The van der Waals surface area contributed by atoms with Crippen LogP contribution in [0.25, 0.3) is 0 Å². The largest absolute Gasteiger partial charge is 0.357 e. The summed E-state index contributed by atoms with van der Waals surface area (Å²) in [6, 6.07) is 0. The normalized spacial score (nSPS) is 9.94. The summed E-state index contributed by atoms with van der Waals surface area (Å²) in [7, 11) is 0. The molecule has 0 saturated carbocycles. The average molecular weight is 223 g/mol. The second-order valence-electron chi connectivity index (χ2n) is 3.57. The van der Waals surface area contributed by atoms with Crippen molar-refractivity contribution in [1.29, 1.82) is 0 Å². The van der Waals surface area contributed by atoms with Crippen molar-refractivity contribution in [1.82, 2.24) is 20.4 Å². The second kappa shape index (κ2) is 6.87. The Kier molecular flexibility index (Phi) is 5.39. The zero-order valence-electron chi connectivity index (χ0n) is 10.3. The molecule has 0 spiro atoms. The number of guanidine groups is 1. The van der Waals surface area contributed by atoms with Crippen molar-refractivity contribution >= 4 is 5.96 Å². The molecule has 1 aromatic rings. The first-order valence-corrected chi connectivity index (χ1v) is 5.77. The number of aromatic nitrogens is 2. The van der Waals surface area contributed by atoms with E-state index in [-0.39, 0.29) is 0 Å². The van der Waals surface area contributed by atoms with Gasteiger partial charge in [0.25, 0.3) is 0 Å². The van der Waals surface area contributed by atoms with E-state index in [1.165, 1.54) is 5.56 Å². The summed E-state index contributed by atoms with van der Waals surface area (Å²) in [5, 5.41) is 10.6. The molecule has 0 aliphatic heterocycles. The van der Waals surface area contributed by atoms with Gasteiger partial charge in [0.15, 0.2) is 5.96 Å². The van der Waals surface area contributed by atoms with Crippen LogP contribution in [0.15, 0.2) is 17.4 Å². The SMILES string of the molecule is CCNC(=NCCn1cc(C)cn1)NCC. The first-order valence-electron chi connectivity index (χ1n) is 5.77. The molecular weight excluding hydrogens is 202 g/mol. The molecule has 0 radical (unpaired) electrons. The molecule has 1 rings (SSSR count). The minimum Gasteiger partial charge on any atom is -0.357 e. The third-order valence-corrected chi connectivity index (χ3v) is 2.05. The molecule has 90 valence electrons. The highest BCUT2D eigenvalue weighted by molar-refractivity contribution is 5.79. The van der Waals surface area contributed by atoms with Crippen molar-refractivity contribution in [3.63, 3.8) is 0 Å². The van der Waals surface area contributed by atoms with E-state index in [0.29, 0.717) is 0 Å². The van der Waals surface area contributed by atoms with E-state index in [4.69, 9.17) is 0 Å². The number of hydrogen-bond donors (Lipinski definition) is 2. The molecule has 5 nitrogen and oxygen atoms in total. The molecule has 0 bridgehead atoms. The average Bonchev–Trinajstić information content (AvgIpc) is 2.65. The topological polar surface area (TPSA) is 54.2 Å². The van der Waals surface area contributed by atoms with E-state index in [2.05, 4.69) is 34.6 Å². The summed E-state index contributed by atoms with van der Waals surface area (Å²) in [5.41, 5.74) is 1.18. The fourth-order valence-corrected chi connectivity index (χ4v) is 1.36. The van der Waals surface area contributed by atoms with Gasteiger partial charge >= 0.3 is 0 Å². The summed E-state index contributed by atoms with van der Waals surface area (Å²) >= 11 is 0. The summed E-state index contributed by atoms with van der Waals surface area (Å²) in [6.07, 6.45) is 3.88. The number of nitrogens with one attached hydrogen (secondary N) is 2. The smallest absolute Gasteiger partial charge is 0.191 e. The maximum Gasteiger partial charge on any atom is 0.191 e. The molecule has 16 heavy (non-hydrogen) atoms. The van der Waals surface area contributed by atoms with Crippen molar-refractivity contribution < 1.29 is 0 Å². The zero-order chi connectivity index (χ0) is 11.8. The highest BCUT2D eigenvalue weighted by atomic mass is 15.3. The molecule has 0 aliphatic rings. The van der Waals surface area contributed by atoms with E-state index in [1.54, 1.807) is 0 Å². The van der Waals surface area contributed by atoms with Crippen LogP contribution in [0.2, 0.25) is 0 Å². The molecule has 2 N–H and O–H groups in total. The number of hydrogen-bond acceptors (Lipinski definition) is 2. The third kappa shape index (κ3) is 4.33. The quantitative estimate of drug-likeness (QED) is 0.572. The second-order valence-corrected chi connectivity index (χ2v) is 3.57. The predicted octanol–water partition coefficient (Wildman–Crippen LogP) is 0.767. The van der Waals surface area contributed by atoms with Crippen molar-refractivity contribution in [3.05, 3.63) is 18.0 Å². The van der Waals surface area contributed by atoms with Crippen LogP contribution in [0.3, 0.4) is 0 Å². The van der Waals surface area contributed by atoms with Crippen LogP contribution in [0.1, 0.15) is 19.4 Å². The maximum atomic E-state index is 4.44. The van der Waals surface area contributed by atoms with Gasteiger partial charge in [-0.25, -0.2) is 0 Å². The minimum absolute atomic E-state index is 0.733. The Hall–Kier alpha value is -1.52. The van der Waals surface area contributed by atoms with Crippen molar-refractivity contribution in [2.75, 3.05) is 19.6 Å². The van der Waals surface area contributed by atoms with Gasteiger partial charge in [-0.3, -0.25) is 9.67 Å². The maximum absolute atomic E-state index is 4.44. The predicted molar refractivity (Wildman–Crippen MR) is 66.6 cm³/mol. The van der Waals surface area contributed by atoms with E-state index in [0.717, 1.165) is 32.1 Å². The fourth-order valence-electron chi connectivity index (χ4n) is 1.36. The Labute approximate surface area is 97.0 Å². The van der Waals surface area contributed by atoms with E-state index < -0.39 is 0 Å². The highest BCUT2D eigenvalue weighted by Crippen LogP contribution is 1.93. The Morgan fingerprint density at radius 1 is 1.38 bits per heavy atom. The van der Waals surface area contributed by atoms with Gasteiger partial charge in [-0.2, -0.15) is 5.10 Å². The van der Waals surface area contributed by atoms with Gasteiger partial charge in [0.05, 0.1) is 19.3 Å². The van der Waals surface area contributed by atoms with Gasteiger partial charge in [0.2, 0.25) is 0 Å². The minimum atomic E-state index is 0.733. The van der Waals surface area contributed by atoms with Crippen molar-refractivity contribution in [2.45, 2.75) is 27.3 Å². The lowest BCUT2D eigenvalue weighted by Gasteiger charge is -2.08. The molecular formula is C11H21N5. The van der Waals surface area contributed by atoms with Gasteiger partial charge in [-0.05, 0) is 26.3 Å². The molecule has 5 heteroatoms. The molecule has 1 aromatic heterocycles. The number of rotatable bonds is 5. The van der Waals surface area contributed by atoms with E-state index in [1.807, 2.05) is 24.0 Å². The van der Waals surface area contributed by atoms with Gasteiger partial charge in [-0.1, -0.05) is 0 Å². The summed E-state index contributed by atoms with van der Waals surface area (Å²) in [6.45, 7) is 9.47. The summed E-state index contributed by atoms with van der Waals surface area (Å²) in [5.74, 6) is 0.869. The van der Waals surface area contributed by atoms with Crippen LogP contribution in [-0.4, -0.2) is 35.4 Å². The van der Waals surface area contributed by atoms with Crippen LogP contribution in [-0.2, 0) is 6.54 Å². The molecule has 0 amide bonds. The Balaban J connectivity index is 2.38. The van der Waals surface area contributed by atoms with Crippen LogP contribution in [0, 0.1) is 6.92 Å². The highest BCUT2D eigenvalue weighted by Gasteiger charge is 1.95. The lowest BCUT2D eigenvalue weighted by Crippen LogP contribution is -2.37. The van der Waals surface area contributed by atoms with Crippen LogP contribution in [0.4, 0.5) is 0 Å². The first kappa shape index (κ1) is 12.5. The number of aryl methyl sites for hydroxylation is 1. The monoisotopic (exact) mass is 223 g/mol. The van der Waals surface area contributed by atoms with Crippen LogP contribution in [0.5, 0.6) is 0 Å². The molecule has 0 saturated heterocycles. The lowest BCUT2D eigenvalue weighted by molar-refractivity contribution is 0.622. The van der Waals surface area contributed by atoms with Crippen LogP contribution < -0.4 is 10.6 Å². The molecule has 0 aliphatic carbocycles. The number of nitrogens with zero attached hydrogens (tertiary/aromatic N) is 3. The molecule has 0 atom stereocenters. The van der Waals surface area contributed by atoms with Gasteiger partial charge in [-0.15, -0.1) is 0 Å². The van der Waals surface area contributed by atoms with Crippen molar-refractivity contribution in [2.24, 2.45) is 4.99 Å². The Bertz CT molecular complexity index is 321. The Morgan fingerprint density at radius 2 is 2.06 bits per heavy atom. The van der Waals surface area contributed by atoms with Gasteiger partial charge < -0.3 is 10.6 Å². The summed E-state index contributed by atoms with van der Waals surface area (Å²) in [4.78, 5) is 4.44. The van der Waals surface area contributed by atoms with Crippen LogP contribution >= 0.6 is 0 Å². The standard InChI is InChI=1S/C11H21N5/c1-4-12-11(13-5-2)14-6-7-16-9-10(3)8-15-16/h8-9H,4-7H2,1-3H3,(H2,12,13,14). The first-order chi connectivity index (χ1) is 7.76. The lowest BCUT2D eigenvalue weighted by atomic mass is 10.4. The van der Waals surface area contributed by atoms with Gasteiger partial charge in [0.1, 0.15) is 0 Å². The van der Waals surface area contributed by atoms with Gasteiger partial charge in [0, 0.05) is 19.3 Å². The molecule has 0 unspecified atom stereocenters. The fraction of sp³-hybridized carbons (Fsp3) is 0.636. The molecule has 1 heterocycles. The van der Waals surface area contributed by atoms with Crippen molar-refractivity contribution in [3.8, 4) is 0 Å². The molecule has 0 aromatic carbocycles. The zero-order valence-corrected chi connectivity index (χ0v) is 10.3. The van der Waals surface area contributed by atoms with E-state index in [9.17, 15) is 0 Å². The van der Waals surface area contributed by atoms with E-state index >= 15 is 0 Å². The Morgan fingerprint density at radius 3 is 2.56 bits per heavy atom. The number of aliphatic imine (C=N–C) groups is 1.